The third-order valence-electron chi connectivity index (χ3n) is 2.79. The van der Waals surface area contributed by atoms with Crippen molar-refractivity contribution in [1.82, 2.24) is 10.6 Å². The van der Waals surface area contributed by atoms with Gasteiger partial charge in [0, 0.05) is 29.3 Å². The van der Waals surface area contributed by atoms with Crippen molar-refractivity contribution in [3.63, 3.8) is 0 Å². The van der Waals surface area contributed by atoms with E-state index in [2.05, 4.69) is 26.6 Å². The van der Waals surface area contributed by atoms with Crippen LogP contribution in [0.2, 0.25) is 0 Å². The number of nitrogens with two attached hydrogens (primary N) is 1. The molecule has 2 amide bonds. The maximum absolute atomic E-state index is 12.0. The minimum absolute atomic E-state index is 0.122. The number of carbonyl (C=O) groups is 2. The van der Waals surface area contributed by atoms with Gasteiger partial charge in [-0.1, -0.05) is 0 Å². The van der Waals surface area contributed by atoms with Gasteiger partial charge in [0.25, 0.3) is 5.91 Å². The van der Waals surface area contributed by atoms with Gasteiger partial charge in [0.1, 0.15) is 0 Å². The molecule has 0 saturated carbocycles. The molecule has 1 aromatic rings. The van der Waals surface area contributed by atoms with Crippen LogP contribution in [0.3, 0.4) is 0 Å². The summed E-state index contributed by atoms with van der Waals surface area (Å²) in [6.45, 7) is 3.78. The van der Waals surface area contributed by atoms with Gasteiger partial charge in [-0.05, 0) is 48.0 Å². The summed E-state index contributed by atoms with van der Waals surface area (Å²) in [5.74, 6) is -0.376. The van der Waals surface area contributed by atoms with Gasteiger partial charge in [-0.2, -0.15) is 0 Å². The Balaban J connectivity index is 2.70. The van der Waals surface area contributed by atoms with Gasteiger partial charge < -0.3 is 16.4 Å². The lowest BCUT2D eigenvalue weighted by atomic mass is 9.92. The minimum atomic E-state index is -0.661. The number of hydrogen-bond acceptors (Lipinski definition) is 3. The number of benzene rings is 1. The van der Waals surface area contributed by atoms with E-state index in [1.54, 1.807) is 39.1 Å². The largest absolute Gasteiger partial charge is 0.398 e. The van der Waals surface area contributed by atoms with Gasteiger partial charge in [-0.25, -0.2) is 0 Å². The number of amides is 2. The molecule has 19 heavy (non-hydrogen) atoms. The van der Waals surface area contributed by atoms with Crippen molar-refractivity contribution in [3.05, 3.63) is 28.2 Å². The molecule has 4 N–H and O–H groups in total. The molecule has 0 aliphatic rings. The van der Waals surface area contributed by atoms with E-state index in [1.807, 2.05) is 0 Å². The second kappa shape index (κ2) is 6.06. The van der Waals surface area contributed by atoms with Crippen molar-refractivity contribution in [2.75, 3.05) is 19.3 Å². The molecule has 104 valence electrons. The molecule has 0 radical (unpaired) electrons. The van der Waals surface area contributed by atoms with E-state index in [1.165, 1.54) is 0 Å². The zero-order chi connectivity index (χ0) is 14.6. The Hall–Kier alpha value is -1.56. The molecule has 6 heteroatoms. The summed E-state index contributed by atoms with van der Waals surface area (Å²) in [6, 6.07) is 4.98. The number of carbonyl (C=O) groups excluding carboxylic acids is 2. The van der Waals surface area contributed by atoms with Crippen LogP contribution in [0.1, 0.15) is 24.2 Å². The van der Waals surface area contributed by atoms with Crippen molar-refractivity contribution in [2.45, 2.75) is 13.8 Å². The zero-order valence-corrected chi connectivity index (χ0v) is 12.8. The van der Waals surface area contributed by atoms with Crippen molar-refractivity contribution in [1.29, 1.82) is 0 Å². The van der Waals surface area contributed by atoms with Crippen LogP contribution in [-0.4, -0.2) is 25.4 Å². The third-order valence-corrected chi connectivity index (χ3v) is 3.51. The van der Waals surface area contributed by atoms with E-state index in [0.717, 1.165) is 4.47 Å². The van der Waals surface area contributed by atoms with Crippen molar-refractivity contribution in [3.8, 4) is 0 Å². The normalized spacial score (nSPS) is 10.9. The molecule has 0 atom stereocenters. The topological polar surface area (TPSA) is 84.2 Å². The summed E-state index contributed by atoms with van der Waals surface area (Å²) in [4.78, 5) is 23.5. The Morgan fingerprint density at radius 2 is 2.00 bits per heavy atom. The number of hydrogen-bond donors (Lipinski definition) is 3. The van der Waals surface area contributed by atoms with Crippen LogP contribution >= 0.6 is 15.9 Å². The molecule has 0 unspecified atom stereocenters. The first kappa shape index (κ1) is 15.5. The highest BCUT2D eigenvalue weighted by Gasteiger charge is 2.27. The van der Waals surface area contributed by atoms with E-state index in [4.69, 9.17) is 5.73 Å². The van der Waals surface area contributed by atoms with E-state index >= 15 is 0 Å². The number of halogens is 1. The van der Waals surface area contributed by atoms with Crippen LogP contribution < -0.4 is 16.4 Å². The molecule has 5 nitrogen and oxygen atoms in total. The Bertz CT molecular complexity index is 501. The highest BCUT2D eigenvalue weighted by atomic mass is 79.9. The van der Waals surface area contributed by atoms with Gasteiger partial charge in [-0.15, -0.1) is 0 Å². The molecule has 0 fully saturated rings. The fourth-order valence-corrected chi connectivity index (χ4v) is 1.75. The summed E-state index contributed by atoms with van der Waals surface area (Å²) < 4.78 is 0.745. The third kappa shape index (κ3) is 3.96. The quantitative estimate of drug-likeness (QED) is 0.733. The van der Waals surface area contributed by atoms with E-state index in [0.29, 0.717) is 11.3 Å². The van der Waals surface area contributed by atoms with Gasteiger partial charge in [-0.3, -0.25) is 9.59 Å². The van der Waals surface area contributed by atoms with Crippen LogP contribution in [-0.2, 0) is 4.79 Å². The van der Waals surface area contributed by atoms with E-state index in [-0.39, 0.29) is 18.4 Å². The van der Waals surface area contributed by atoms with Crippen molar-refractivity contribution < 1.29 is 9.59 Å². The highest BCUT2D eigenvalue weighted by molar-refractivity contribution is 9.10. The molecule has 1 rings (SSSR count). The van der Waals surface area contributed by atoms with Crippen molar-refractivity contribution in [2.24, 2.45) is 5.41 Å². The van der Waals surface area contributed by atoms with Crippen LogP contribution in [0.4, 0.5) is 5.69 Å². The van der Waals surface area contributed by atoms with Gasteiger partial charge in [0.05, 0.1) is 5.41 Å². The first-order valence-electron chi connectivity index (χ1n) is 5.83. The zero-order valence-electron chi connectivity index (χ0n) is 11.2. The molecular weight excluding hydrogens is 310 g/mol. The average molecular weight is 328 g/mol. The lowest BCUT2D eigenvalue weighted by Gasteiger charge is -2.22. The Morgan fingerprint density at radius 1 is 1.37 bits per heavy atom. The van der Waals surface area contributed by atoms with E-state index in [9.17, 15) is 9.59 Å². The molecule has 0 aliphatic heterocycles. The number of rotatable bonds is 4. The minimum Gasteiger partial charge on any atom is -0.398 e. The molecule has 0 saturated heterocycles. The smallest absolute Gasteiger partial charge is 0.251 e. The first-order valence-corrected chi connectivity index (χ1v) is 6.62. The Labute approximate surface area is 121 Å². The Kier molecular flexibility index (Phi) is 4.94. The SMILES string of the molecule is CNC(=O)C(C)(C)CNC(=O)c1ccc(Br)c(N)c1. The molecule has 0 heterocycles. The second-order valence-corrected chi connectivity index (χ2v) is 5.74. The average Bonchev–Trinajstić information content (AvgIpc) is 2.38. The molecule has 1 aromatic carbocycles. The molecular formula is C13H18BrN3O2. The fraction of sp³-hybridized carbons (Fsp3) is 0.385. The molecule has 0 aliphatic carbocycles. The molecule has 0 bridgehead atoms. The van der Waals surface area contributed by atoms with Gasteiger partial charge in [0.2, 0.25) is 5.91 Å². The summed E-state index contributed by atoms with van der Waals surface area (Å²) >= 11 is 3.27. The van der Waals surface area contributed by atoms with Crippen LogP contribution in [0.15, 0.2) is 22.7 Å². The number of nitrogens with one attached hydrogen (secondary N) is 2. The summed E-state index contributed by atoms with van der Waals surface area (Å²) in [5.41, 5.74) is 6.02. The summed E-state index contributed by atoms with van der Waals surface area (Å²) in [5, 5.41) is 5.30. The summed E-state index contributed by atoms with van der Waals surface area (Å²) in [6.07, 6.45) is 0. The van der Waals surface area contributed by atoms with E-state index < -0.39 is 5.41 Å². The van der Waals surface area contributed by atoms with Crippen LogP contribution in [0.25, 0.3) is 0 Å². The molecule has 0 aromatic heterocycles. The monoisotopic (exact) mass is 327 g/mol. The summed E-state index contributed by atoms with van der Waals surface area (Å²) in [7, 11) is 1.57. The lowest BCUT2D eigenvalue weighted by Crippen LogP contribution is -2.43. The predicted molar refractivity (Wildman–Crippen MR) is 78.7 cm³/mol. The Morgan fingerprint density at radius 3 is 2.53 bits per heavy atom. The fourth-order valence-electron chi connectivity index (χ4n) is 1.51. The standard InChI is InChI=1S/C13H18BrN3O2/c1-13(2,12(19)16-3)7-17-11(18)8-4-5-9(14)10(15)6-8/h4-6H,7,15H2,1-3H3,(H,16,19)(H,17,18). The predicted octanol–water partition coefficient (Wildman–Crippen LogP) is 1.53. The van der Waals surface area contributed by atoms with Crippen LogP contribution in [0, 0.1) is 5.41 Å². The van der Waals surface area contributed by atoms with Crippen molar-refractivity contribution >= 4 is 33.4 Å². The maximum atomic E-state index is 12.0. The maximum Gasteiger partial charge on any atom is 0.251 e. The molecule has 0 spiro atoms. The first-order chi connectivity index (χ1) is 8.77. The highest BCUT2D eigenvalue weighted by Crippen LogP contribution is 2.20. The number of anilines is 1. The number of nitrogen functional groups attached to an aromatic ring is 1. The lowest BCUT2D eigenvalue weighted by molar-refractivity contribution is -0.128. The van der Waals surface area contributed by atoms with Gasteiger partial charge >= 0.3 is 0 Å². The second-order valence-electron chi connectivity index (χ2n) is 4.88. The van der Waals surface area contributed by atoms with Crippen LogP contribution in [0.5, 0.6) is 0 Å². The van der Waals surface area contributed by atoms with Gasteiger partial charge in [0.15, 0.2) is 0 Å².